The highest BCUT2D eigenvalue weighted by molar-refractivity contribution is 7.12. The number of carbonyl (C=O) groups excluding carboxylic acids is 1. The third-order valence-corrected chi connectivity index (χ3v) is 6.80. The van der Waals surface area contributed by atoms with E-state index in [0.717, 1.165) is 22.4 Å². The van der Waals surface area contributed by atoms with Crippen LogP contribution in [0.25, 0.3) is 22.0 Å². The number of fused-ring (bicyclic) bond motifs is 2. The zero-order chi connectivity index (χ0) is 18.9. The lowest BCUT2D eigenvalue weighted by atomic mass is 9.89. The minimum Gasteiger partial charge on any atom is -0.361 e. The first-order chi connectivity index (χ1) is 13.8. The van der Waals surface area contributed by atoms with Crippen LogP contribution in [0.15, 0.2) is 60.1 Å². The van der Waals surface area contributed by atoms with Crippen LogP contribution >= 0.6 is 11.3 Å². The maximum absolute atomic E-state index is 12.8. The summed E-state index contributed by atoms with van der Waals surface area (Å²) in [5.74, 6) is 0.244. The van der Waals surface area contributed by atoms with Crippen molar-refractivity contribution in [2.24, 2.45) is 0 Å². The van der Waals surface area contributed by atoms with Crippen molar-refractivity contribution < 1.29 is 4.79 Å². The van der Waals surface area contributed by atoms with Crippen molar-refractivity contribution in [3.8, 4) is 11.1 Å². The van der Waals surface area contributed by atoms with E-state index < -0.39 is 0 Å². The van der Waals surface area contributed by atoms with Crippen molar-refractivity contribution in [1.82, 2.24) is 4.98 Å². The Morgan fingerprint density at radius 1 is 1.00 bits per heavy atom. The fourth-order valence-electron chi connectivity index (χ4n) is 4.26. The molecular formula is C25H23NOS. The molecule has 0 amide bonds. The van der Waals surface area contributed by atoms with E-state index in [9.17, 15) is 4.79 Å². The molecule has 0 aliphatic heterocycles. The first-order valence-electron chi connectivity index (χ1n) is 10.1. The maximum Gasteiger partial charge on any atom is 0.173 e. The molecule has 1 N–H and O–H groups in total. The van der Waals surface area contributed by atoms with Crippen LogP contribution in [0.4, 0.5) is 0 Å². The topological polar surface area (TPSA) is 32.9 Å². The number of rotatable bonds is 5. The van der Waals surface area contributed by atoms with Crippen LogP contribution in [0.3, 0.4) is 0 Å². The molecule has 0 fully saturated rings. The fraction of sp³-hybridized carbons (Fsp3) is 0.240. The van der Waals surface area contributed by atoms with Crippen LogP contribution in [0.1, 0.15) is 45.6 Å². The standard InChI is InChI=1S/C25H23NOS/c27-24(12-10-17-9-11-18-5-1-2-6-19(18)13-17)25-14-20(16-28-25)22-15-26-23-8-4-3-7-21(22)23/h3-4,7-9,11,13-16,26H,1-2,5-6,10,12H2. The van der Waals surface area contributed by atoms with Gasteiger partial charge in [0.15, 0.2) is 5.78 Å². The third-order valence-electron chi connectivity index (χ3n) is 5.83. The molecule has 2 aromatic carbocycles. The summed E-state index contributed by atoms with van der Waals surface area (Å²) in [5.41, 5.74) is 7.71. The molecule has 0 radical (unpaired) electrons. The van der Waals surface area contributed by atoms with E-state index in [1.807, 2.05) is 12.3 Å². The summed E-state index contributed by atoms with van der Waals surface area (Å²) in [6.07, 6.45) is 8.44. The molecule has 140 valence electrons. The minimum atomic E-state index is 0.244. The highest BCUT2D eigenvalue weighted by Gasteiger charge is 2.14. The van der Waals surface area contributed by atoms with E-state index >= 15 is 0 Å². The number of aromatic amines is 1. The molecule has 0 spiro atoms. The van der Waals surface area contributed by atoms with Gasteiger partial charge in [-0.3, -0.25) is 4.79 Å². The number of H-pyrrole nitrogens is 1. The van der Waals surface area contributed by atoms with Crippen LogP contribution in [-0.2, 0) is 19.3 Å². The molecule has 28 heavy (non-hydrogen) atoms. The Morgan fingerprint density at radius 2 is 1.86 bits per heavy atom. The molecule has 2 aromatic heterocycles. The van der Waals surface area contributed by atoms with Crippen molar-refractivity contribution in [2.75, 3.05) is 0 Å². The Kier molecular flexibility index (Phi) is 4.61. The van der Waals surface area contributed by atoms with E-state index in [-0.39, 0.29) is 5.78 Å². The van der Waals surface area contributed by atoms with Crippen molar-refractivity contribution in [1.29, 1.82) is 0 Å². The normalized spacial score (nSPS) is 13.6. The zero-order valence-corrected chi connectivity index (χ0v) is 16.6. The smallest absolute Gasteiger partial charge is 0.173 e. The summed E-state index contributed by atoms with van der Waals surface area (Å²) in [5, 5.41) is 3.30. The second-order valence-corrected chi connectivity index (χ2v) is 8.59. The highest BCUT2D eigenvalue weighted by atomic mass is 32.1. The summed E-state index contributed by atoms with van der Waals surface area (Å²) < 4.78 is 0. The van der Waals surface area contributed by atoms with Gasteiger partial charge in [-0.25, -0.2) is 0 Å². The molecular weight excluding hydrogens is 362 g/mol. The predicted octanol–water partition coefficient (Wildman–Crippen LogP) is 6.59. The van der Waals surface area contributed by atoms with Gasteiger partial charge in [0, 0.05) is 29.1 Å². The molecule has 1 aliphatic rings. The average molecular weight is 386 g/mol. The van der Waals surface area contributed by atoms with Gasteiger partial charge in [-0.05, 0) is 71.9 Å². The summed E-state index contributed by atoms with van der Waals surface area (Å²) in [6.45, 7) is 0. The number of para-hydroxylation sites is 1. The molecule has 5 rings (SSSR count). The van der Waals surface area contributed by atoms with Gasteiger partial charge in [0.05, 0.1) is 4.88 Å². The first-order valence-corrected chi connectivity index (χ1v) is 10.9. The van der Waals surface area contributed by atoms with Crippen LogP contribution < -0.4 is 0 Å². The lowest BCUT2D eigenvalue weighted by Gasteiger charge is -2.16. The van der Waals surface area contributed by atoms with E-state index in [0.29, 0.717) is 6.42 Å². The van der Waals surface area contributed by atoms with Gasteiger partial charge in [0.25, 0.3) is 0 Å². The number of carbonyl (C=O) groups is 1. The number of hydrogen-bond acceptors (Lipinski definition) is 2. The van der Waals surface area contributed by atoms with Gasteiger partial charge in [0.1, 0.15) is 0 Å². The van der Waals surface area contributed by atoms with Gasteiger partial charge in [-0.1, -0.05) is 36.4 Å². The van der Waals surface area contributed by atoms with Gasteiger partial charge < -0.3 is 4.98 Å². The number of Topliss-reactive ketones (excluding diaryl/α,β-unsaturated/α-hetero) is 1. The maximum atomic E-state index is 12.8. The number of nitrogens with one attached hydrogen (secondary N) is 1. The number of hydrogen-bond donors (Lipinski definition) is 1. The molecule has 0 saturated carbocycles. The van der Waals surface area contributed by atoms with Crippen LogP contribution in [0, 0.1) is 0 Å². The second-order valence-electron chi connectivity index (χ2n) is 7.68. The number of benzene rings is 2. The predicted molar refractivity (Wildman–Crippen MR) is 117 cm³/mol. The molecule has 0 unspecified atom stereocenters. The van der Waals surface area contributed by atoms with E-state index in [2.05, 4.69) is 52.8 Å². The first kappa shape index (κ1) is 17.4. The SMILES string of the molecule is O=C(CCc1ccc2c(c1)CCCC2)c1cc(-c2c[nH]c3ccccc23)cs1. The Balaban J connectivity index is 1.30. The molecule has 2 nitrogen and oxygen atoms in total. The van der Waals surface area contributed by atoms with Gasteiger partial charge >= 0.3 is 0 Å². The van der Waals surface area contributed by atoms with Crippen molar-refractivity contribution in [3.05, 3.63) is 81.7 Å². The number of thiophene rings is 1. The van der Waals surface area contributed by atoms with E-state index in [1.165, 1.54) is 53.3 Å². The third kappa shape index (κ3) is 3.31. The van der Waals surface area contributed by atoms with E-state index in [1.54, 1.807) is 11.3 Å². The molecule has 3 heteroatoms. The lowest BCUT2D eigenvalue weighted by molar-refractivity contribution is 0.0986. The average Bonchev–Trinajstić information content (AvgIpc) is 3.39. The van der Waals surface area contributed by atoms with Gasteiger partial charge in [-0.15, -0.1) is 11.3 Å². The van der Waals surface area contributed by atoms with E-state index in [4.69, 9.17) is 0 Å². The fourth-order valence-corrected chi connectivity index (χ4v) is 5.13. The van der Waals surface area contributed by atoms with Crippen molar-refractivity contribution in [2.45, 2.75) is 38.5 Å². The summed E-state index contributed by atoms with van der Waals surface area (Å²) in [6, 6.07) is 17.1. The summed E-state index contributed by atoms with van der Waals surface area (Å²) in [7, 11) is 0. The number of aryl methyl sites for hydroxylation is 3. The quantitative estimate of drug-likeness (QED) is 0.386. The van der Waals surface area contributed by atoms with Crippen LogP contribution in [-0.4, -0.2) is 10.8 Å². The molecule has 4 aromatic rings. The number of aromatic nitrogens is 1. The number of ketones is 1. The molecule has 1 aliphatic carbocycles. The monoisotopic (exact) mass is 385 g/mol. The summed E-state index contributed by atoms with van der Waals surface area (Å²) in [4.78, 5) is 16.9. The van der Waals surface area contributed by atoms with Crippen LogP contribution in [0.2, 0.25) is 0 Å². The Hall–Kier alpha value is -2.65. The van der Waals surface area contributed by atoms with Crippen LogP contribution in [0.5, 0.6) is 0 Å². The Bertz CT molecular complexity index is 1150. The second kappa shape index (κ2) is 7.40. The molecule has 0 saturated heterocycles. The Labute approximate surface area is 169 Å². The van der Waals surface area contributed by atoms with Gasteiger partial charge in [0.2, 0.25) is 0 Å². The largest absolute Gasteiger partial charge is 0.361 e. The summed E-state index contributed by atoms with van der Waals surface area (Å²) >= 11 is 1.56. The lowest BCUT2D eigenvalue weighted by Crippen LogP contribution is -2.04. The molecule has 0 bridgehead atoms. The zero-order valence-electron chi connectivity index (χ0n) is 15.8. The van der Waals surface area contributed by atoms with Gasteiger partial charge in [-0.2, -0.15) is 0 Å². The van der Waals surface area contributed by atoms with Crippen molar-refractivity contribution in [3.63, 3.8) is 0 Å². The Morgan fingerprint density at radius 3 is 2.79 bits per heavy atom. The molecule has 0 atom stereocenters. The highest BCUT2D eigenvalue weighted by Crippen LogP contribution is 2.32. The molecule has 2 heterocycles. The van der Waals surface area contributed by atoms with Crippen molar-refractivity contribution >= 4 is 28.0 Å². The minimum absolute atomic E-state index is 0.244.